The Labute approximate surface area is 114 Å². The van der Waals surface area contributed by atoms with Crippen LogP contribution in [0.5, 0.6) is 0 Å². The summed E-state index contributed by atoms with van der Waals surface area (Å²) in [6.07, 6.45) is 8.17. The van der Waals surface area contributed by atoms with E-state index in [0.717, 1.165) is 11.3 Å². The second kappa shape index (κ2) is 6.55. The van der Waals surface area contributed by atoms with Gasteiger partial charge in [-0.3, -0.25) is 10.1 Å². The molecular weight excluding hydrogens is 240 g/mol. The van der Waals surface area contributed by atoms with E-state index in [4.69, 9.17) is 0 Å². The maximum absolute atomic E-state index is 11.1. The van der Waals surface area contributed by atoms with Crippen molar-refractivity contribution >= 4 is 11.4 Å². The lowest BCUT2D eigenvalue weighted by molar-refractivity contribution is -0.385. The zero-order valence-electron chi connectivity index (χ0n) is 11.5. The van der Waals surface area contributed by atoms with E-state index in [1.54, 1.807) is 6.07 Å². The van der Waals surface area contributed by atoms with Gasteiger partial charge in [0.15, 0.2) is 0 Å². The SMILES string of the molecule is CCc1ccc(NC2CCCCCC2)cc1[N+](=O)[O-]. The zero-order chi connectivity index (χ0) is 13.7. The molecule has 19 heavy (non-hydrogen) atoms. The molecule has 1 fully saturated rings. The van der Waals surface area contributed by atoms with Gasteiger partial charge in [-0.1, -0.05) is 38.7 Å². The van der Waals surface area contributed by atoms with Crippen LogP contribution in [0.25, 0.3) is 0 Å². The molecule has 0 radical (unpaired) electrons. The predicted octanol–water partition coefficient (Wildman–Crippen LogP) is 4.29. The second-order valence-electron chi connectivity index (χ2n) is 5.29. The van der Waals surface area contributed by atoms with Crippen LogP contribution in [0.15, 0.2) is 18.2 Å². The first kappa shape index (κ1) is 13.8. The van der Waals surface area contributed by atoms with Gasteiger partial charge in [0.1, 0.15) is 0 Å². The smallest absolute Gasteiger partial charge is 0.274 e. The average Bonchev–Trinajstić information content (AvgIpc) is 2.67. The highest BCUT2D eigenvalue weighted by Gasteiger charge is 2.16. The Morgan fingerprint density at radius 1 is 1.26 bits per heavy atom. The molecule has 4 heteroatoms. The minimum Gasteiger partial charge on any atom is -0.382 e. The van der Waals surface area contributed by atoms with Gasteiger partial charge in [0.2, 0.25) is 0 Å². The van der Waals surface area contributed by atoms with Gasteiger partial charge in [-0.15, -0.1) is 0 Å². The Kier molecular flexibility index (Phi) is 4.77. The van der Waals surface area contributed by atoms with E-state index >= 15 is 0 Å². The highest BCUT2D eigenvalue weighted by atomic mass is 16.6. The van der Waals surface area contributed by atoms with E-state index in [9.17, 15) is 10.1 Å². The minimum atomic E-state index is -0.281. The Bertz CT molecular complexity index is 438. The fourth-order valence-electron chi connectivity index (χ4n) is 2.78. The van der Waals surface area contributed by atoms with E-state index in [-0.39, 0.29) is 10.6 Å². The summed E-state index contributed by atoms with van der Waals surface area (Å²) in [5.74, 6) is 0. The summed E-state index contributed by atoms with van der Waals surface area (Å²) < 4.78 is 0. The van der Waals surface area contributed by atoms with Crippen LogP contribution in [0.4, 0.5) is 11.4 Å². The minimum absolute atomic E-state index is 0.237. The zero-order valence-corrected chi connectivity index (χ0v) is 11.5. The normalized spacial score (nSPS) is 16.9. The van der Waals surface area contributed by atoms with Crippen molar-refractivity contribution in [3.8, 4) is 0 Å². The van der Waals surface area contributed by atoms with Crippen molar-refractivity contribution < 1.29 is 4.92 Å². The van der Waals surface area contributed by atoms with Crippen LogP contribution in [-0.2, 0) is 6.42 Å². The monoisotopic (exact) mass is 262 g/mol. The molecule has 1 aliphatic rings. The molecule has 1 aromatic carbocycles. The average molecular weight is 262 g/mol. The molecule has 0 atom stereocenters. The lowest BCUT2D eigenvalue weighted by atomic mass is 10.1. The van der Waals surface area contributed by atoms with Crippen LogP contribution in [0, 0.1) is 10.1 Å². The van der Waals surface area contributed by atoms with E-state index < -0.39 is 0 Å². The van der Waals surface area contributed by atoms with Crippen LogP contribution >= 0.6 is 0 Å². The molecule has 0 saturated heterocycles. The van der Waals surface area contributed by atoms with Crippen LogP contribution in [-0.4, -0.2) is 11.0 Å². The quantitative estimate of drug-likeness (QED) is 0.500. The van der Waals surface area contributed by atoms with Crippen LogP contribution in [0.2, 0.25) is 0 Å². The molecule has 0 spiro atoms. The lowest BCUT2D eigenvalue weighted by Crippen LogP contribution is -2.18. The summed E-state index contributed by atoms with van der Waals surface area (Å²) in [4.78, 5) is 10.8. The molecule has 1 aliphatic carbocycles. The number of hydrogen-bond donors (Lipinski definition) is 1. The third-order valence-corrected chi connectivity index (χ3v) is 3.89. The van der Waals surface area contributed by atoms with Crippen molar-refractivity contribution in [2.24, 2.45) is 0 Å². The number of rotatable bonds is 4. The van der Waals surface area contributed by atoms with Gasteiger partial charge in [-0.2, -0.15) is 0 Å². The number of hydrogen-bond acceptors (Lipinski definition) is 3. The molecule has 1 aromatic rings. The third kappa shape index (κ3) is 3.69. The Morgan fingerprint density at radius 3 is 2.53 bits per heavy atom. The van der Waals surface area contributed by atoms with Crippen LogP contribution < -0.4 is 5.32 Å². The predicted molar refractivity (Wildman–Crippen MR) is 77.6 cm³/mol. The standard InChI is InChI=1S/C15H22N2O2/c1-2-12-9-10-14(11-15(12)17(18)19)16-13-7-5-3-4-6-8-13/h9-11,13,16H,2-8H2,1H3. The molecular formula is C15H22N2O2. The molecule has 1 N–H and O–H groups in total. The number of nitro benzene ring substituents is 1. The fourth-order valence-corrected chi connectivity index (χ4v) is 2.78. The van der Waals surface area contributed by atoms with Crippen molar-refractivity contribution in [1.82, 2.24) is 0 Å². The molecule has 0 aliphatic heterocycles. The summed E-state index contributed by atoms with van der Waals surface area (Å²) >= 11 is 0. The van der Waals surface area contributed by atoms with Crippen molar-refractivity contribution in [2.45, 2.75) is 57.9 Å². The molecule has 0 amide bonds. The second-order valence-corrected chi connectivity index (χ2v) is 5.29. The van der Waals surface area contributed by atoms with Crippen LogP contribution in [0.1, 0.15) is 51.0 Å². The van der Waals surface area contributed by atoms with E-state index in [0.29, 0.717) is 12.5 Å². The summed E-state index contributed by atoms with van der Waals surface area (Å²) in [6.45, 7) is 1.95. The van der Waals surface area contributed by atoms with E-state index in [1.165, 1.54) is 38.5 Å². The topological polar surface area (TPSA) is 55.2 Å². The molecule has 0 bridgehead atoms. The number of benzene rings is 1. The lowest BCUT2D eigenvalue weighted by Gasteiger charge is -2.17. The maximum Gasteiger partial charge on any atom is 0.274 e. The van der Waals surface area contributed by atoms with Gasteiger partial charge in [0, 0.05) is 23.4 Å². The van der Waals surface area contributed by atoms with Gasteiger partial charge in [-0.05, 0) is 25.3 Å². The molecule has 1 saturated carbocycles. The highest BCUT2D eigenvalue weighted by molar-refractivity contribution is 5.55. The number of nitrogens with one attached hydrogen (secondary N) is 1. The van der Waals surface area contributed by atoms with Crippen molar-refractivity contribution in [1.29, 1.82) is 0 Å². The Balaban J connectivity index is 2.11. The van der Waals surface area contributed by atoms with Gasteiger partial charge < -0.3 is 5.32 Å². The largest absolute Gasteiger partial charge is 0.382 e. The van der Waals surface area contributed by atoms with Gasteiger partial charge in [-0.25, -0.2) is 0 Å². The summed E-state index contributed by atoms with van der Waals surface area (Å²) in [7, 11) is 0. The molecule has 4 nitrogen and oxygen atoms in total. The number of nitro groups is 1. The maximum atomic E-state index is 11.1. The summed E-state index contributed by atoms with van der Waals surface area (Å²) in [5, 5.41) is 14.5. The fraction of sp³-hybridized carbons (Fsp3) is 0.600. The number of nitrogens with zero attached hydrogens (tertiary/aromatic N) is 1. The number of aryl methyl sites for hydroxylation is 1. The first-order chi connectivity index (χ1) is 9.20. The summed E-state index contributed by atoms with van der Waals surface area (Å²) in [6, 6.07) is 5.99. The van der Waals surface area contributed by atoms with Crippen LogP contribution in [0.3, 0.4) is 0 Å². The first-order valence-corrected chi connectivity index (χ1v) is 7.24. The molecule has 0 heterocycles. The Morgan fingerprint density at radius 2 is 1.95 bits per heavy atom. The third-order valence-electron chi connectivity index (χ3n) is 3.89. The Hall–Kier alpha value is -1.58. The molecule has 2 rings (SSSR count). The molecule has 104 valence electrons. The van der Waals surface area contributed by atoms with E-state index in [1.807, 2.05) is 19.1 Å². The first-order valence-electron chi connectivity index (χ1n) is 7.24. The van der Waals surface area contributed by atoms with Crippen molar-refractivity contribution in [3.63, 3.8) is 0 Å². The summed E-state index contributed by atoms with van der Waals surface area (Å²) in [5.41, 5.74) is 1.92. The van der Waals surface area contributed by atoms with Crippen molar-refractivity contribution in [2.75, 3.05) is 5.32 Å². The highest BCUT2D eigenvalue weighted by Crippen LogP contribution is 2.26. The number of anilines is 1. The van der Waals surface area contributed by atoms with Gasteiger partial charge >= 0.3 is 0 Å². The van der Waals surface area contributed by atoms with Crippen molar-refractivity contribution in [3.05, 3.63) is 33.9 Å². The van der Waals surface area contributed by atoms with Gasteiger partial charge in [0.25, 0.3) is 5.69 Å². The molecule has 0 aromatic heterocycles. The van der Waals surface area contributed by atoms with E-state index in [2.05, 4.69) is 5.32 Å². The molecule has 0 unspecified atom stereocenters. The van der Waals surface area contributed by atoms with Gasteiger partial charge in [0.05, 0.1) is 4.92 Å².